The van der Waals surface area contributed by atoms with Gasteiger partial charge < -0.3 is 19.7 Å². The number of aliphatic hydroxyl groups excluding tert-OH is 1. The number of carbonyl (C=O) groups is 1. The molecule has 6 heteroatoms. The molecular weight excluding hydrogens is 364 g/mol. The van der Waals surface area contributed by atoms with E-state index in [1.54, 1.807) is 19.2 Å². The summed E-state index contributed by atoms with van der Waals surface area (Å²) in [6.45, 7) is 1.04. The molecule has 0 saturated heterocycles. The Morgan fingerprint density at radius 2 is 2.04 bits per heavy atom. The van der Waals surface area contributed by atoms with Crippen LogP contribution in [0.1, 0.15) is 15.9 Å². The van der Waals surface area contributed by atoms with Crippen LogP contribution in [-0.2, 0) is 17.7 Å². The summed E-state index contributed by atoms with van der Waals surface area (Å²) in [6.07, 6.45) is 2.37. The molecule has 0 spiro atoms. The van der Waals surface area contributed by atoms with E-state index < -0.39 is 0 Å². The Labute approximate surface area is 163 Å². The minimum Gasteiger partial charge on any atom is -0.394 e. The van der Waals surface area contributed by atoms with E-state index in [9.17, 15) is 9.90 Å². The second-order valence-electron chi connectivity index (χ2n) is 6.43. The third kappa shape index (κ3) is 4.69. The van der Waals surface area contributed by atoms with Crippen molar-refractivity contribution in [3.05, 3.63) is 70.9 Å². The van der Waals surface area contributed by atoms with E-state index in [4.69, 9.17) is 16.3 Å². The first kappa shape index (κ1) is 19.4. The third-order valence-electron chi connectivity index (χ3n) is 4.50. The molecular formula is C21H23ClN2O3. The van der Waals surface area contributed by atoms with Crippen LogP contribution in [0, 0.1) is 0 Å². The molecule has 2 aromatic carbocycles. The topological polar surface area (TPSA) is 63.5 Å². The Morgan fingerprint density at radius 1 is 1.26 bits per heavy atom. The number of carbonyl (C=O) groups excluding carboxylic acids is 1. The first-order valence-electron chi connectivity index (χ1n) is 8.85. The lowest BCUT2D eigenvalue weighted by Gasteiger charge is -2.16. The fraction of sp³-hybridized carbons (Fsp3) is 0.286. The lowest BCUT2D eigenvalue weighted by atomic mass is 10.1. The van der Waals surface area contributed by atoms with Gasteiger partial charge in [-0.15, -0.1) is 0 Å². The molecule has 0 aliphatic rings. The Kier molecular flexibility index (Phi) is 6.50. The Morgan fingerprint density at radius 3 is 2.74 bits per heavy atom. The highest BCUT2D eigenvalue weighted by atomic mass is 35.5. The van der Waals surface area contributed by atoms with E-state index in [-0.39, 0.29) is 18.6 Å². The van der Waals surface area contributed by atoms with E-state index in [0.29, 0.717) is 30.2 Å². The molecule has 0 aliphatic carbocycles. The molecule has 0 saturated carbocycles. The van der Waals surface area contributed by atoms with Crippen molar-refractivity contribution < 1.29 is 14.6 Å². The van der Waals surface area contributed by atoms with Crippen molar-refractivity contribution >= 4 is 28.4 Å². The van der Waals surface area contributed by atoms with Gasteiger partial charge in [-0.1, -0.05) is 41.9 Å². The number of aliphatic hydroxyl groups is 1. The molecule has 0 aliphatic heterocycles. The summed E-state index contributed by atoms with van der Waals surface area (Å²) >= 11 is 6.14. The number of nitrogens with one attached hydrogen (secondary N) is 1. The van der Waals surface area contributed by atoms with Crippen molar-refractivity contribution in [1.29, 1.82) is 0 Å². The normalized spacial score (nSPS) is 12.3. The van der Waals surface area contributed by atoms with E-state index in [0.717, 1.165) is 16.5 Å². The molecule has 27 heavy (non-hydrogen) atoms. The van der Waals surface area contributed by atoms with Gasteiger partial charge in [0.25, 0.3) is 5.91 Å². The van der Waals surface area contributed by atoms with E-state index in [2.05, 4.69) is 5.32 Å². The molecule has 5 nitrogen and oxygen atoms in total. The van der Waals surface area contributed by atoms with Crippen LogP contribution >= 0.6 is 11.6 Å². The predicted octanol–water partition coefficient (Wildman–Crippen LogP) is 3.27. The predicted molar refractivity (Wildman–Crippen MR) is 107 cm³/mol. The number of methoxy groups -OCH3 is 1. The molecule has 0 bridgehead atoms. The first-order chi connectivity index (χ1) is 13.1. The van der Waals surface area contributed by atoms with Crippen LogP contribution in [0.25, 0.3) is 10.9 Å². The summed E-state index contributed by atoms with van der Waals surface area (Å²) in [5, 5.41) is 14.0. The van der Waals surface area contributed by atoms with E-state index in [1.165, 1.54) is 0 Å². The molecule has 1 atom stereocenters. The lowest BCUT2D eigenvalue weighted by Crippen LogP contribution is -2.39. The second kappa shape index (κ2) is 9.04. The van der Waals surface area contributed by atoms with Crippen molar-refractivity contribution in [3.63, 3.8) is 0 Å². The van der Waals surface area contributed by atoms with Gasteiger partial charge in [-0.2, -0.15) is 0 Å². The maximum atomic E-state index is 12.9. The summed E-state index contributed by atoms with van der Waals surface area (Å²) in [5.74, 6) is -0.228. The van der Waals surface area contributed by atoms with Gasteiger partial charge >= 0.3 is 0 Å². The molecule has 1 aromatic heterocycles. The molecule has 142 valence electrons. The molecule has 0 unspecified atom stereocenters. The summed E-state index contributed by atoms with van der Waals surface area (Å²) in [7, 11) is 1.64. The molecule has 0 radical (unpaired) electrons. The van der Waals surface area contributed by atoms with Crippen LogP contribution in [0.3, 0.4) is 0 Å². The average molecular weight is 387 g/mol. The number of amides is 1. The Hall–Kier alpha value is -2.34. The van der Waals surface area contributed by atoms with Gasteiger partial charge in [-0.25, -0.2) is 0 Å². The average Bonchev–Trinajstić information content (AvgIpc) is 3.04. The fourth-order valence-corrected chi connectivity index (χ4v) is 3.32. The van der Waals surface area contributed by atoms with Gasteiger partial charge in [-0.3, -0.25) is 4.79 Å². The van der Waals surface area contributed by atoms with Crippen LogP contribution < -0.4 is 5.32 Å². The zero-order chi connectivity index (χ0) is 19.2. The molecule has 1 heterocycles. The standard InChI is InChI=1S/C21H23ClN2O3/c1-27-10-9-24-13-19(18-12-16(22)7-8-20(18)24)21(26)23-17(14-25)11-15-5-3-2-4-6-15/h2-8,12-13,17,25H,9-11,14H2,1H3,(H,23,26)/t17-/m1/s1. The molecule has 2 N–H and O–H groups in total. The van der Waals surface area contributed by atoms with Crippen LogP contribution in [0.2, 0.25) is 5.02 Å². The van der Waals surface area contributed by atoms with E-state index >= 15 is 0 Å². The highest BCUT2D eigenvalue weighted by Gasteiger charge is 2.19. The summed E-state index contributed by atoms with van der Waals surface area (Å²) in [4.78, 5) is 12.9. The summed E-state index contributed by atoms with van der Waals surface area (Å²) < 4.78 is 7.14. The van der Waals surface area contributed by atoms with Crippen LogP contribution in [0.5, 0.6) is 0 Å². The van der Waals surface area contributed by atoms with Crippen molar-refractivity contribution in [3.8, 4) is 0 Å². The largest absolute Gasteiger partial charge is 0.394 e. The summed E-state index contributed by atoms with van der Waals surface area (Å²) in [5.41, 5.74) is 2.52. The minimum absolute atomic E-state index is 0.135. The van der Waals surface area contributed by atoms with Gasteiger partial charge in [0, 0.05) is 35.8 Å². The number of fused-ring (bicyclic) bond motifs is 1. The number of nitrogens with zero attached hydrogens (tertiary/aromatic N) is 1. The zero-order valence-corrected chi connectivity index (χ0v) is 15.9. The number of rotatable bonds is 8. The lowest BCUT2D eigenvalue weighted by molar-refractivity contribution is 0.0918. The first-order valence-corrected chi connectivity index (χ1v) is 9.23. The van der Waals surface area contributed by atoms with Gasteiger partial charge in [-0.05, 0) is 30.2 Å². The number of hydrogen-bond acceptors (Lipinski definition) is 3. The highest BCUT2D eigenvalue weighted by molar-refractivity contribution is 6.31. The van der Waals surface area contributed by atoms with Crippen molar-refractivity contribution in [2.24, 2.45) is 0 Å². The second-order valence-corrected chi connectivity index (χ2v) is 6.87. The number of benzene rings is 2. The number of ether oxygens (including phenoxy) is 1. The zero-order valence-electron chi connectivity index (χ0n) is 15.2. The van der Waals surface area contributed by atoms with Crippen molar-refractivity contribution in [1.82, 2.24) is 9.88 Å². The van der Waals surface area contributed by atoms with Crippen LogP contribution in [0.15, 0.2) is 54.7 Å². The van der Waals surface area contributed by atoms with Gasteiger partial charge in [0.1, 0.15) is 0 Å². The van der Waals surface area contributed by atoms with Crippen molar-refractivity contribution in [2.45, 2.75) is 19.0 Å². The van der Waals surface area contributed by atoms with Crippen LogP contribution in [0.4, 0.5) is 0 Å². The molecule has 1 amide bonds. The SMILES string of the molecule is COCCn1cc(C(=O)N[C@@H](CO)Cc2ccccc2)c2cc(Cl)ccc21. The molecule has 3 rings (SSSR count). The third-order valence-corrected chi connectivity index (χ3v) is 4.74. The maximum Gasteiger partial charge on any atom is 0.253 e. The van der Waals surface area contributed by atoms with Gasteiger partial charge in [0.2, 0.25) is 0 Å². The number of halogens is 1. The fourth-order valence-electron chi connectivity index (χ4n) is 3.15. The van der Waals surface area contributed by atoms with Crippen LogP contribution in [-0.4, -0.2) is 41.9 Å². The summed E-state index contributed by atoms with van der Waals surface area (Å²) in [6, 6.07) is 14.9. The van der Waals surface area contributed by atoms with E-state index in [1.807, 2.05) is 47.2 Å². The monoisotopic (exact) mass is 386 g/mol. The quantitative estimate of drug-likeness (QED) is 0.624. The van der Waals surface area contributed by atoms with Gasteiger partial charge in [0.05, 0.1) is 24.8 Å². The van der Waals surface area contributed by atoms with Crippen molar-refractivity contribution in [2.75, 3.05) is 20.3 Å². The number of aromatic nitrogens is 1. The smallest absolute Gasteiger partial charge is 0.253 e. The Balaban J connectivity index is 1.84. The molecule has 3 aromatic rings. The Bertz CT molecular complexity index is 908. The minimum atomic E-state index is -0.364. The van der Waals surface area contributed by atoms with Gasteiger partial charge in [0.15, 0.2) is 0 Å². The maximum absolute atomic E-state index is 12.9. The number of hydrogen-bond donors (Lipinski definition) is 2. The molecule has 0 fully saturated rings. The highest BCUT2D eigenvalue weighted by Crippen LogP contribution is 2.25.